The molecule has 1 rings (SSSR count). The van der Waals surface area contributed by atoms with Crippen LogP contribution in [0.5, 0.6) is 0 Å². The van der Waals surface area contributed by atoms with Gasteiger partial charge in [0.25, 0.3) is 0 Å². The van der Waals surface area contributed by atoms with E-state index in [0.717, 1.165) is 0 Å². The molecule has 0 aromatic heterocycles. The highest BCUT2D eigenvalue weighted by Crippen LogP contribution is 2.16. The Balaban J connectivity index is 3.04. The van der Waals surface area contributed by atoms with E-state index in [1.165, 1.54) is 6.08 Å². The van der Waals surface area contributed by atoms with E-state index in [1.54, 1.807) is 12.3 Å². The molecule has 0 aromatic carbocycles. The Morgan fingerprint density at radius 2 is 2.42 bits per heavy atom. The summed E-state index contributed by atoms with van der Waals surface area (Å²) in [6.45, 7) is 1.90. The van der Waals surface area contributed by atoms with Crippen LogP contribution in [0.2, 0.25) is 0 Å². The first-order valence-electron chi connectivity index (χ1n) is 3.46. The molecule has 0 bridgehead atoms. The summed E-state index contributed by atoms with van der Waals surface area (Å²) in [6, 6.07) is 0. The maximum Gasteiger partial charge on any atom is 0.338 e. The molecule has 0 aromatic rings. The quantitative estimate of drug-likeness (QED) is 0.634. The second-order valence-corrected chi connectivity index (χ2v) is 2.86. The van der Waals surface area contributed by atoms with Crippen molar-refractivity contribution in [3.63, 3.8) is 0 Å². The summed E-state index contributed by atoms with van der Waals surface area (Å²) >= 11 is 5.60. The van der Waals surface area contributed by atoms with Gasteiger partial charge in [0.1, 0.15) is 5.16 Å². The number of aliphatic imine (C=N–C) groups is 1. The first-order valence-corrected chi connectivity index (χ1v) is 3.84. The molecule has 1 heterocycles. The predicted octanol–water partition coefficient (Wildman–Crippen LogP) is 1.80. The zero-order chi connectivity index (χ0) is 9.14. The number of nitrogens with zero attached hydrogens (tertiary/aromatic N) is 1. The summed E-state index contributed by atoms with van der Waals surface area (Å²) in [5.74, 6) is -0.932. The Morgan fingerprint density at radius 1 is 1.75 bits per heavy atom. The molecule has 1 aliphatic heterocycles. The average molecular weight is 186 g/mol. The smallest absolute Gasteiger partial charge is 0.338 e. The lowest BCUT2D eigenvalue weighted by atomic mass is 10.1. The highest BCUT2D eigenvalue weighted by atomic mass is 35.5. The van der Waals surface area contributed by atoms with Crippen LogP contribution in [0.15, 0.2) is 27.9 Å². The van der Waals surface area contributed by atoms with Crippen molar-refractivity contribution in [1.29, 1.82) is 0 Å². The second-order valence-electron chi connectivity index (χ2n) is 2.51. The molecule has 1 unspecified atom stereocenters. The molecule has 12 heavy (non-hydrogen) atoms. The first kappa shape index (κ1) is 9.00. The molecule has 1 atom stereocenters. The molecule has 1 aliphatic rings. The number of hydrogen-bond donors (Lipinski definition) is 1. The van der Waals surface area contributed by atoms with Crippen LogP contribution in [0.3, 0.4) is 0 Å². The Morgan fingerprint density at radius 3 is 3.00 bits per heavy atom. The van der Waals surface area contributed by atoms with Gasteiger partial charge in [0.15, 0.2) is 0 Å². The number of carbonyl (C=O) groups is 1. The molecule has 0 radical (unpaired) electrons. The molecular formula is C8H8ClNO2. The monoisotopic (exact) mass is 185 g/mol. The number of aliphatic carboxylic acids is 1. The molecule has 0 saturated carbocycles. The minimum atomic E-state index is -1.05. The maximum absolute atomic E-state index is 10.6. The van der Waals surface area contributed by atoms with Gasteiger partial charge >= 0.3 is 5.97 Å². The van der Waals surface area contributed by atoms with E-state index < -0.39 is 5.97 Å². The van der Waals surface area contributed by atoms with E-state index in [4.69, 9.17) is 16.7 Å². The SMILES string of the molecule is CC1C=CC(C(=O)O)=C(Cl)N=C1. The fraction of sp³-hybridized carbons (Fsp3) is 0.250. The topological polar surface area (TPSA) is 49.7 Å². The number of carboxylic acids is 1. The molecule has 0 saturated heterocycles. The van der Waals surface area contributed by atoms with Crippen molar-refractivity contribution in [2.75, 3.05) is 0 Å². The Bertz CT molecular complexity index is 291. The van der Waals surface area contributed by atoms with Crippen molar-refractivity contribution in [2.45, 2.75) is 6.92 Å². The summed E-state index contributed by atoms with van der Waals surface area (Å²) in [4.78, 5) is 14.3. The van der Waals surface area contributed by atoms with E-state index in [2.05, 4.69) is 4.99 Å². The highest BCUT2D eigenvalue weighted by molar-refractivity contribution is 6.32. The van der Waals surface area contributed by atoms with Crippen molar-refractivity contribution in [2.24, 2.45) is 10.9 Å². The summed E-state index contributed by atoms with van der Waals surface area (Å²) in [6.07, 6.45) is 4.82. The lowest BCUT2D eigenvalue weighted by Gasteiger charge is -1.92. The Labute approximate surface area is 75.1 Å². The first-order chi connectivity index (χ1) is 5.61. The van der Waals surface area contributed by atoms with Crippen LogP contribution in [-0.2, 0) is 4.79 Å². The fourth-order valence-corrected chi connectivity index (χ4v) is 0.979. The summed E-state index contributed by atoms with van der Waals surface area (Å²) in [5, 5.41) is 8.68. The van der Waals surface area contributed by atoms with E-state index in [-0.39, 0.29) is 16.6 Å². The third-order valence-electron chi connectivity index (χ3n) is 1.44. The van der Waals surface area contributed by atoms with Gasteiger partial charge in [-0.05, 0) is 6.08 Å². The highest BCUT2D eigenvalue weighted by Gasteiger charge is 2.11. The van der Waals surface area contributed by atoms with Gasteiger partial charge in [0.05, 0.1) is 5.57 Å². The van der Waals surface area contributed by atoms with Crippen molar-refractivity contribution in [1.82, 2.24) is 0 Å². The number of hydrogen-bond acceptors (Lipinski definition) is 2. The lowest BCUT2D eigenvalue weighted by Crippen LogP contribution is -1.98. The molecule has 0 amide bonds. The third-order valence-corrected chi connectivity index (χ3v) is 1.74. The van der Waals surface area contributed by atoms with Crippen LogP contribution in [-0.4, -0.2) is 17.3 Å². The Hall–Kier alpha value is -1.09. The van der Waals surface area contributed by atoms with Crippen molar-refractivity contribution < 1.29 is 9.90 Å². The summed E-state index contributed by atoms with van der Waals surface area (Å²) < 4.78 is 0. The molecule has 1 N–H and O–H groups in total. The van der Waals surface area contributed by atoms with Gasteiger partial charge in [-0.1, -0.05) is 24.6 Å². The minimum absolute atomic E-state index is 0.0306. The molecule has 0 fully saturated rings. The van der Waals surface area contributed by atoms with Gasteiger partial charge < -0.3 is 5.11 Å². The van der Waals surface area contributed by atoms with E-state index in [1.807, 2.05) is 6.92 Å². The molecule has 0 spiro atoms. The molecule has 0 aliphatic carbocycles. The second kappa shape index (κ2) is 3.54. The van der Waals surface area contributed by atoms with E-state index in [9.17, 15) is 4.79 Å². The number of allylic oxidation sites excluding steroid dienone is 1. The van der Waals surface area contributed by atoms with Crippen molar-refractivity contribution in [3.05, 3.63) is 22.9 Å². The van der Waals surface area contributed by atoms with Gasteiger partial charge in [-0.3, -0.25) is 0 Å². The number of halogens is 1. The standard InChI is InChI=1S/C8H8ClNO2/c1-5-2-3-6(8(11)12)7(9)10-4-5/h2-5H,1H3,(H,11,12). The number of rotatable bonds is 1. The largest absolute Gasteiger partial charge is 0.478 e. The zero-order valence-electron chi connectivity index (χ0n) is 6.49. The normalized spacial score (nSPS) is 22.7. The fourth-order valence-electron chi connectivity index (χ4n) is 0.779. The molecule has 64 valence electrons. The van der Waals surface area contributed by atoms with Gasteiger partial charge in [-0.2, -0.15) is 0 Å². The van der Waals surface area contributed by atoms with Crippen LogP contribution in [0.25, 0.3) is 0 Å². The van der Waals surface area contributed by atoms with Crippen molar-refractivity contribution >= 4 is 23.8 Å². The van der Waals surface area contributed by atoms with E-state index in [0.29, 0.717) is 0 Å². The van der Waals surface area contributed by atoms with Crippen molar-refractivity contribution in [3.8, 4) is 0 Å². The van der Waals surface area contributed by atoms with Crippen LogP contribution in [0.4, 0.5) is 0 Å². The predicted molar refractivity (Wildman–Crippen MR) is 47.3 cm³/mol. The summed E-state index contributed by atoms with van der Waals surface area (Å²) in [7, 11) is 0. The van der Waals surface area contributed by atoms with E-state index >= 15 is 0 Å². The van der Waals surface area contributed by atoms with Gasteiger partial charge in [-0.15, -0.1) is 0 Å². The molecular weight excluding hydrogens is 178 g/mol. The minimum Gasteiger partial charge on any atom is -0.478 e. The van der Waals surface area contributed by atoms with Crippen LogP contribution in [0, 0.1) is 5.92 Å². The summed E-state index contributed by atoms with van der Waals surface area (Å²) in [5.41, 5.74) is 0.0391. The van der Waals surface area contributed by atoms with Crippen LogP contribution >= 0.6 is 11.6 Å². The molecule has 3 nitrogen and oxygen atoms in total. The zero-order valence-corrected chi connectivity index (χ0v) is 7.25. The third kappa shape index (κ3) is 1.95. The average Bonchev–Trinajstić information content (AvgIpc) is 2.14. The Kier molecular flexibility index (Phi) is 2.65. The van der Waals surface area contributed by atoms with Crippen LogP contribution < -0.4 is 0 Å². The van der Waals surface area contributed by atoms with Crippen LogP contribution in [0.1, 0.15) is 6.92 Å². The molecule has 4 heteroatoms. The maximum atomic E-state index is 10.6. The van der Waals surface area contributed by atoms with Gasteiger partial charge in [0.2, 0.25) is 0 Å². The van der Waals surface area contributed by atoms with Gasteiger partial charge in [-0.25, -0.2) is 9.79 Å². The lowest BCUT2D eigenvalue weighted by molar-refractivity contribution is -0.132. The number of carboxylic acid groups (broad SMARTS) is 1. The van der Waals surface area contributed by atoms with Gasteiger partial charge in [0, 0.05) is 12.1 Å².